The summed E-state index contributed by atoms with van der Waals surface area (Å²) in [5.74, 6) is -0.481. The second-order valence-electron chi connectivity index (χ2n) is 7.51. The lowest BCUT2D eigenvalue weighted by Gasteiger charge is -2.27. The summed E-state index contributed by atoms with van der Waals surface area (Å²) in [5.41, 5.74) is 6.91. The van der Waals surface area contributed by atoms with Crippen molar-refractivity contribution < 1.29 is 27.1 Å². The zero-order valence-corrected chi connectivity index (χ0v) is 19.0. The quantitative estimate of drug-likeness (QED) is 0.381. The van der Waals surface area contributed by atoms with Crippen molar-refractivity contribution in [2.24, 2.45) is 5.73 Å². The molecule has 180 valence electrons. The fourth-order valence-corrected chi connectivity index (χ4v) is 3.61. The lowest BCUT2D eigenvalue weighted by molar-refractivity contribution is -0.137. The van der Waals surface area contributed by atoms with Crippen molar-refractivity contribution >= 4 is 23.2 Å². The fraction of sp³-hybridized carbons (Fsp3) is 0.240. The second-order valence-corrected chi connectivity index (χ2v) is 7.92. The van der Waals surface area contributed by atoms with Crippen LogP contribution in [0.4, 0.5) is 23.2 Å². The van der Waals surface area contributed by atoms with Crippen LogP contribution in [0.2, 0.25) is 5.02 Å². The summed E-state index contributed by atoms with van der Waals surface area (Å²) in [6.45, 7) is 2.35. The van der Waals surface area contributed by atoms with E-state index in [1.165, 1.54) is 41.3 Å². The van der Waals surface area contributed by atoms with E-state index in [1.807, 2.05) is 6.92 Å². The lowest BCUT2D eigenvalue weighted by atomic mass is 10.0. The molecular formula is C25H23ClF4N2O2. The van der Waals surface area contributed by atoms with Crippen molar-refractivity contribution in [1.82, 2.24) is 0 Å². The molecule has 0 fully saturated rings. The molecule has 0 aliphatic carbocycles. The number of ether oxygens (including phenoxy) is 1. The minimum absolute atomic E-state index is 0.128. The van der Waals surface area contributed by atoms with E-state index >= 15 is 0 Å². The average Bonchev–Trinajstić information content (AvgIpc) is 2.80. The molecule has 0 spiro atoms. The van der Waals surface area contributed by atoms with Gasteiger partial charge in [0.25, 0.3) is 0 Å². The third kappa shape index (κ3) is 6.27. The molecule has 0 saturated heterocycles. The van der Waals surface area contributed by atoms with E-state index in [2.05, 4.69) is 0 Å². The Labute approximate surface area is 199 Å². The summed E-state index contributed by atoms with van der Waals surface area (Å²) < 4.78 is 57.3. The van der Waals surface area contributed by atoms with E-state index in [1.54, 1.807) is 18.2 Å². The van der Waals surface area contributed by atoms with Gasteiger partial charge in [-0.15, -0.1) is 0 Å². The van der Waals surface area contributed by atoms with Crippen LogP contribution in [0.5, 0.6) is 5.75 Å². The van der Waals surface area contributed by atoms with Crippen LogP contribution < -0.4 is 15.4 Å². The Kier molecular flexibility index (Phi) is 8.17. The maximum absolute atomic E-state index is 13.3. The zero-order valence-electron chi connectivity index (χ0n) is 18.3. The molecular weight excluding hydrogens is 472 g/mol. The Morgan fingerprint density at radius 1 is 1.06 bits per heavy atom. The molecule has 0 unspecified atom stereocenters. The smallest absolute Gasteiger partial charge is 0.416 e. The zero-order chi connectivity index (χ0) is 24.9. The largest absolute Gasteiger partial charge is 0.492 e. The predicted molar refractivity (Wildman–Crippen MR) is 123 cm³/mol. The van der Waals surface area contributed by atoms with Crippen molar-refractivity contribution in [1.29, 1.82) is 0 Å². The number of rotatable bonds is 8. The van der Waals surface area contributed by atoms with Crippen molar-refractivity contribution in [2.45, 2.75) is 25.6 Å². The Bertz CT molecular complexity index is 1120. The van der Waals surface area contributed by atoms with Gasteiger partial charge in [-0.05, 0) is 66.9 Å². The first-order valence-electron chi connectivity index (χ1n) is 10.5. The van der Waals surface area contributed by atoms with Crippen molar-refractivity contribution in [3.8, 4) is 5.75 Å². The number of nitrogens with zero attached hydrogens (tertiary/aromatic N) is 1. The van der Waals surface area contributed by atoms with E-state index in [0.29, 0.717) is 34.2 Å². The van der Waals surface area contributed by atoms with Crippen LogP contribution in [0.1, 0.15) is 29.7 Å². The van der Waals surface area contributed by atoms with Gasteiger partial charge >= 0.3 is 6.18 Å². The summed E-state index contributed by atoms with van der Waals surface area (Å²) in [6.07, 6.45) is -4.16. The highest BCUT2D eigenvalue weighted by molar-refractivity contribution is 6.32. The van der Waals surface area contributed by atoms with Gasteiger partial charge < -0.3 is 15.4 Å². The molecule has 0 saturated carbocycles. The van der Waals surface area contributed by atoms with E-state index in [-0.39, 0.29) is 13.0 Å². The molecule has 9 heteroatoms. The SMILES string of the molecule is CCOc1ccc(N(CCc2ccc(C(F)(F)F)cc2)C(=O)[C@H](N)c2ccc(F)cc2)cc1Cl. The minimum Gasteiger partial charge on any atom is -0.492 e. The highest BCUT2D eigenvalue weighted by Gasteiger charge is 2.30. The molecule has 0 aromatic heterocycles. The summed E-state index contributed by atoms with van der Waals surface area (Å²) in [4.78, 5) is 14.8. The first-order valence-corrected chi connectivity index (χ1v) is 10.9. The summed E-state index contributed by atoms with van der Waals surface area (Å²) in [5, 5.41) is 0.294. The third-order valence-corrected chi connectivity index (χ3v) is 5.49. The van der Waals surface area contributed by atoms with E-state index in [0.717, 1.165) is 12.1 Å². The maximum atomic E-state index is 13.3. The number of carbonyl (C=O) groups is 1. The molecule has 1 amide bonds. The third-order valence-electron chi connectivity index (χ3n) is 5.19. The number of benzene rings is 3. The fourth-order valence-electron chi connectivity index (χ4n) is 3.38. The van der Waals surface area contributed by atoms with Gasteiger partial charge in [0.15, 0.2) is 0 Å². The summed E-state index contributed by atoms with van der Waals surface area (Å²) >= 11 is 6.31. The van der Waals surface area contributed by atoms with E-state index < -0.39 is 29.5 Å². The summed E-state index contributed by atoms with van der Waals surface area (Å²) in [6, 6.07) is 13.8. The van der Waals surface area contributed by atoms with Crippen molar-refractivity contribution in [2.75, 3.05) is 18.1 Å². The van der Waals surface area contributed by atoms with Crippen LogP contribution in [-0.2, 0) is 17.4 Å². The van der Waals surface area contributed by atoms with Gasteiger partial charge in [-0.3, -0.25) is 4.79 Å². The highest BCUT2D eigenvalue weighted by Crippen LogP contribution is 2.32. The van der Waals surface area contributed by atoms with Gasteiger partial charge in [-0.1, -0.05) is 35.9 Å². The van der Waals surface area contributed by atoms with Crippen LogP contribution in [-0.4, -0.2) is 19.1 Å². The molecule has 0 bridgehead atoms. The van der Waals surface area contributed by atoms with Gasteiger partial charge in [0.05, 0.1) is 17.2 Å². The van der Waals surface area contributed by atoms with E-state index in [9.17, 15) is 22.4 Å². The van der Waals surface area contributed by atoms with Crippen LogP contribution in [0.15, 0.2) is 66.7 Å². The van der Waals surface area contributed by atoms with Crippen LogP contribution in [0, 0.1) is 5.82 Å². The number of hydrogen-bond acceptors (Lipinski definition) is 3. The number of hydrogen-bond donors (Lipinski definition) is 1. The van der Waals surface area contributed by atoms with Gasteiger partial charge in [-0.2, -0.15) is 13.2 Å². The molecule has 34 heavy (non-hydrogen) atoms. The molecule has 3 aromatic carbocycles. The van der Waals surface area contributed by atoms with Crippen molar-refractivity contribution in [3.05, 3.63) is 94.3 Å². The Hall–Kier alpha value is -3.10. The molecule has 0 heterocycles. The van der Waals surface area contributed by atoms with Gasteiger partial charge in [0.2, 0.25) is 5.91 Å². The monoisotopic (exact) mass is 494 g/mol. The van der Waals surface area contributed by atoms with Crippen LogP contribution in [0.3, 0.4) is 0 Å². The Morgan fingerprint density at radius 3 is 2.26 bits per heavy atom. The maximum Gasteiger partial charge on any atom is 0.416 e. The summed E-state index contributed by atoms with van der Waals surface area (Å²) in [7, 11) is 0. The average molecular weight is 495 g/mol. The lowest BCUT2D eigenvalue weighted by Crippen LogP contribution is -2.40. The van der Waals surface area contributed by atoms with Crippen molar-refractivity contribution in [3.63, 3.8) is 0 Å². The number of halogens is 5. The van der Waals surface area contributed by atoms with E-state index in [4.69, 9.17) is 22.1 Å². The molecule has 0 aliphatic heterocycles. The molecule has 1 atom stereocenters. The number of alkyl halides is 3. The second kappa shape index (κ2) is 10.9. The number of anilines is 1. The molecule has 0 aliphatic rings. The van der Waals surface area contributed by atoms with Gasteiger partial charge in [0.1, 0.15) is 17.6 Å². The first kappa shape index (κ1) is 25.5. The normalized spacial score (nSPS) is 12.3. The minimum atomic E-state index is -4.43. The molecule has 0 radical (unpaired) electrons. The molecule has 2 N–H and O–H groups in total. The standard InChI is InChI=1S/C25H23ClF4N2O2/c1-2-34-22-12-11-20(15-21(22)26)32(24(33)23(31)17-5-9-19(27)10-6-17)14-13-16-3-7-18(8-4-16)25(28,29)30/h3-12,15,23H,2,13-14,31H2,1H3/t23-/m1/s1. The van der Waals surface area contributed by atoms with Gasteiger partial charge in [-0.25, -0.2) is 4.39 Å². The predicted octanol–water partition coefficient (Wildman–Crippen LogP) is 6.17. The van der Waals surface area contributed by atoms with Crippen LogP contribution in [0.25, 0.3) is 0 Å². The molecule has 3 rings (SSSR count). The molecule has 4 nitrogen and oxygen atoms in total. The topological polar surface area (TPSA) is 55.6 Å². The Balaban J connectivity index is 1.87. The Morgan fingerprint density at radius 2 is 1.71 bits per heavy atom. The number of nitrogens with two attached hydrogens (primary N) is 1. The van der Waals surface area contributed by atoms with Gasteiger partial charge in [0, 0.05) is 12.2 Å². The van der Waals surface area contributed by atoms with Crippen LogP contribution >= 0.6 is 11.6 Å². The number of amides is 1. The number of carbonyl (C=O) groups excluding carboxylic acids is 1. The highest BCUT2D eigenvalue weighted by atomic mass is 35.5. The molecule has 3 aromatic rings. The first-order chi connectivity index (χ1) is 16.1.